The number of benzene rings is 1. The number of nitrogens with one attached hydrogen (secondary N) is 1. The molecule has 4 heteroatoms. The molecule has 0 spiro atoms. The Morgan fingerprint density at radius 2 is 2.24 bits per heavy atom. The van der Waals surface area contributed by atoms with Crippen LogP contribution in [0.3, 0.4) is 0 Å². The largest absolute Gasteiger partial charge is 0.497 e. The van der Waals surface area contributed by atoms with E-state index in [4.69, 9.17) is 9.72 Å². The molecule has 1 aliphatic rings. The molecule has 0 unspecified atom stereocenters. The first-order chi connectivity index (χ1) is 10.2. The summed E-state index contributed by atoms with van der Waals surface area (Å²) >= 11 is 0. The van der Waals surface area contributed by atoms with Gasteiger partial charge >= 0.3 is 0 Å². The van der Waals surface area contributed by atoms with Crippen molar-refractivity contribution < 1.29 is 4.74 Å². The molecule has 0 bridgehead atoms. The maximum Gasteiger partial charge on any atom is 0.119 e. The lowest BCUT2D eigenvalue weighted by atomic mass is 10.1. The van der Waals surface area contributed by atoms with Gasteiger partial charge in [0.05, 0.1) is 18.5 Å². The van der Waals surface area contributed by atoms with Gasteiger partial charge in [0.15, 0.2) is 0 Å². The molecule has 1 aromatic heterocycles. The highest BCUT2D eigenvalue weighted by Crippen LogP contribution is 2.27. The van der Waals surface area contributed by atoms with Gasteiger partial charge in [0.25, 0.3) is 0 Å². The molecule has 0 radical (unpaired) electrons. The smallest absolute Gasteiger partial charge is 0.119 e. The molecule has 1 aromatic carbocycles. The summed E-state index contributed by atoms with van der Waals surface area (Å²) in [4.78, 5) is 4.87. The van der Waals surface area contributed by atoms with E-state index in [1.54, 1.807) is 7.11 Å². The lowest BCUT2D eigenvalue weighted by Crippen LogP contribution is -2.25. The number of nitrogens with zero attached hydrogens (tertiary/aromatic N) is 2. The normalized spacial score (nSPS) is 14.0. The number of aromatic nitrogens is 2. The fraction of sp³-hybridized carbons (Fsp3) is 0.471. The molecule has 0 atom stereocenters. The zero-order valence-corrected chi connectivity index (χ0v) is 13.1. The van der Waals surface area contributed by atoms with Gasteiger partial charge in [0.2, 0.25) is 0 Å². The molecular weight excluding hydrogens is 262 g/mol. The van der Waals surface area contributed by atoms with Crippen LogP contribution in [0.15, 0.2) is 18.2 Å². The molecule has 0 aliphatic carbocycles. The molecule has 21 heavy (non-hydrogen) atoms. The van der Waals surface area contributed by atoms with Gasteiger partial charge < -0.3 is 14.6 Å². The molecule has 112 valence electrons. The molecule has 2 aromatic rings. The van der Waals surface area contributed by atoms with Crippen molar-refractivity contribution >= 4 is 0 Å². The van der Waals surface area contributed by atoms with Crippen LogP contribution in [0.25, 0.3) is 5.69 Å². The highest BCUT2D eigenvalue weighted by Gasteiger charge is 2.21. The summed E-state index contributed by atoms with van der Waals surface area (Å²) in [6.07, 6.45) is 3.16. The summed E-state index contributed by atoms with van der Waals surface area (Å²) in [6.45, 7) is 6.26. The summed E-state index contributed by atoms with van der Waals surface area (Å²) in [5.74, 6) is 2.09. The standard InChI is InChI=1S/C17H23N3O/c1-4-5-17-19-14-11-18-9-8-16(14)20(17)15-7-6-13(21-3)10-12(15)2/h6-7,10,18H,4-5,8-9,11H2,1-3H3. The topological polar surface area (TPSA) is 39.1 Å². The van der Waals surface area contributed by atoms with Crippen molar-refractivity contribution in [3.8, 4) is 11.4 Å². The van der Waals surface area contributed by atoms with Gasteiger partial charge in [-0.2, -0.15) is 0 Å². The minimum Gasteiger partial charge on any atom is -0.497 e. The van der Waals surface area contributed by atoms with Gasteiger partial charge in [-0.1, -0.05) is 6.92 Å². The number of hydrogen-bond donors (Lipinski definition) is 1. The van der Waals surface area contributed by atoms with Gasteiger partial charge in [0, 0.05) is 31.6 Å². The average Bonchev–Trinajstić information content (AvgIpc) is 2.85. The summed E-state index contributed by atoms with van der Waals surface area (Å²) < 4.78 is 7.69. The first kappa shape index (κ1) is 14.1. The van der Waals surface area contributed by atoms with Crippen LogP contribution in [0.2, 0.25) is 0 Å². The van der Waals surface area contributed by atoms with Gasteiger partial charge in [-0.05, 0) is 37.1 Å². The van der Waals surface area contributed by atoms with Crippen molar-refractivity contribution in [3.63, 3.8) is 0 Å². The van der Waals surface area contributed by atoms with E-state index < -0.39 is 0 Å². The summed E-state index contributed by atoms with van der Waals surface area (Å²) in [6, 6.07) is 6.28. The van der Waals surface area contributed by atoms with Crippen molar-refractivity contribution in [1.29, 1.82) is 0 Å². The van der Waals surface area contributed by atoms with E-state index in [0.717, 1.165) is 38.1 Å². The van der Waals surface area contributed by atoms with E-state index in [9.17, 15) is 0 Å². The summed E-state index contributed by atoms with van der Waals surface area (Å²) in [5, 5.41) is 3.41. The van der Waals surface area contributed by atoms with E-state index in [2.05, 4.69) is 35.9 Å². The number of fused-ring (bicyclic) bond motifs is 1. The SMILES string of the molecule is CCCc1nc2c(n1-c1ccc(OC)cc1C)CCNC2. The van der Waals surface area contributed by atoms with Crippen LogP contribution < -0.4 is 10.1 Å². The van der Waals surface area contributed by atoms with Crippen LogP contribution >= 0.6 is 0 Å². The summed E-state index contributed by atoms with van der Waals surface area (Å²) in [7, 11) is 1.71. The first-order valence-electron chi connectivity index (χ1n) is 7.69. The third kappa shape index (κ3) is 2.56. The number of imidazole rings is 1. The lowest BCUT2D eigenvalue weighted by molar-refractivity contribution is 0.414. The Labute approximate surface area is 126 Å². The van der Waals surface area contributed by atoms with E-state index in [0.29, 0.717) is 0 Å². The minimum atomic E-state index is 0.883. The molecule has 1 aliphatic heterocycles. The zero-order chi connectivity index (χ0) is 14.8. The first-order valence-corrected chi connectivity index (χ1v) is 7.69. The Morgan fingerprint density at radius 1 is 1.38 bits per heavy atom. The van der Waals surface area contributed by atoms with Gasteiger partial charge in [0.1, 0.15) is 11.6 Å². The fourth-order valence-corrected chi connectivity index (χ4v) is 3.05. The molecule has 0 amide bonds. The number of hydrogen-bond acceptors (Lipinski definition) is 3. The maximum absolute atomic E-state index is 5.32. The average molecular weight is 285 g/mol. The second kappa shape index (κ2) is 5.90. The molecule has 4 nitrogen and oxygen atoms in total. The van der Waals surface area contributed by atoms with Crippen LogP contribution in [0, 0.1) is 6.92 Å². The third-order valence-electron chi connectivity index (χ3n) is 4.07. The van der Waals surface area contributed by atoms with Gasteiger partial charge in [-0.15, -0.1) is 0 Å². The Hall–Kier alpha value is -1.81. The van der Waals surface area contributed by atoms with Crippen LogP contribution in [0.4, 0.5) is 0 Å². The fourth-order valence-electron chi connectivity index (χ4n) is 3.05. The predicted molar refractivity (Wildman–Crippen MR) is 84.3 cm³/mol. The Balaban J connectivity index is 2.14. The molecule has 0 saturated carbocycles. The highest BCUT2D eigenvalue weighted by molar-refractivity contribution is 5.48. The molecular formula is C17H23N3O. The second-order valence-corrected chi connectivity index (χ2v) is 5.59. The maximum atomic E-state index is 5.32. The molecule has 0 fully saturated rings. The van der Waals surface area contributed by atoms with Crippen molar-refractivity contribution in [2.45, 2.75) is 39.7 Å². The van der Waals surface area contributed by atoms with Gasteiger partial charge in [-0.25, -0.2) is 4.98 Å². The van der Waals surface area contributed by atoms with E-state index in [-0.39, 0.29) is 0 Å². The molecule has 2 heterocycles. The Kier molecular flexibility index (Phi) is 3.97. The van der Waals surface area contributed by atoms with Gasteiger partial charge in [-0.3, -0.25) is 0 Å². The van der Waals surface area contributed by atoms with Crippen molar-refractivity contribution in [1.82, 2.24) is 14.9 Å². The third-order valence-corrected chi connectivity index (χ3v) is 4.07. The van der Waals surface area contributed by atoms with Crippen LogP contribution in [-0.2, 0) is 19.4 Å². The molecule has 3 rings (SSSR count). The van der Waals surface area contributed by atoms with Crippen molar-refractivity contribution in [2.24, 2.45) is 0 Å². The molecule has 1 N–H and O–H groups in total. The van der Waals surface area contributed by atoms with E-state index in [1.165, 1.54) is 28.5 Å². The minimum absolute atomic E-state index is 0.883. The second-order valence-electron chi connectivity index (χ2n) is 5.59. The van der Waals surface area contributed by atoms with Crippen LogP contribution in [-0.4, -0.2) is 23.2 Å². The monoisotopic (exact) mass is 285 g/mol. The zero-order valence-electron chi connectivity index (χ0n) is 13.1. The van der Waals surface area contributed by atoms with Crippen LogP contribution in [0.1, 0.15) is 36.1 Å². The number of ether oxygens (including phenoxy) is 1. The quantitative estimate of drug-likeness (QED) is 0.939. The Bertz CT molecular complexity index is 646. The highest BCUT2D eigenvalue weighted by atomic mass is 16.5. The van der Waals surface area contributed by atoms with Crippen molar-refractivity contribution in [2.75, 3.05) is 13.7 Å². The van der Waals surface area contributed by atoms with Crippen LogP contribution in [0.5, 0.6) is 5.75 Å². The molecule has 0 saturated heterocycles. The Morgan fingerprint density at radius 3 is 2.95 bits per heavy atom. The number of rotatable bonds is 4. The van der Waals surface area contributed by atoms with E-state index in [1.807, 2.05) is 6.07 Å². The lowest BCUT2D eigenvalue weighted by Gasteiger charge is -2.18. The predicted octanol–water partition coefficient (Wildman–Crippen LogP) is 2.79. The number of aryl methyl sites for hydroxylation is 2. The van der Waals surface area contributed by atoms with Crippen molar-refractivity contribution in [3.05, 3.63) is 41.0 Å². The van der Waals surface area contributed by atoms with E-state index >= 15 is 0 Å². The summed E-state index contributed by atoms with van der Waals surface area (Å²) in [5.41, 5.74) is 5.03. The number of methoxy groups -OCH3 is 1.